The number of aryl methyl sites for hydroxylation is 1. The number of carbonyl (C=O) groups is 2. The summed E-state index contributed by atoms with van der Waals surface area (Å²) in [5, 5.41) is 13.1. The molecule has 0 bridgehead atoms. The SMILES string of the molecule is CC(=O)N[C@@H]1CCCN(C(=O)c2cccc(-c3cc(C)ccc3O)c2)C1. The average molecular weight is 352 g/mol. The van der Waals surface area contributed by atoms with Crippen LogP contribution < -0.4 is 5.32 Å². The lowest BCUT2D eigenvalue weighted by Crippen LogP contribution is -2.49. The number of carbonyl (C=O) groups excluding carboxylic acids is 2. The van der Waals surface area contributed by atoms with E-state index in [1.165, 1.54) is 6.92 Å². The summed E-state index contributed by atoms with van der Waals surface area (Å²) in [6.07, 6.45) is 1.76. The van der Waals surface area contributed by atoms with Gasteiger partial charge in [0.05, 0.1) is 0 Å². The highest BCUT2D eigenvalue weighted by Crippen LogP contribution is 2.30. The Kier molecular flexibility index (Phi) is 5.26. The van der Waals surface area contributed by atoms with Crippen LogP contribution >= 0.6 is 0 Å². The topological polar surface area (TPSA) is 69.6 Å². The fourth-order valence-corrected chi connectivity index (χ4v) is 3.45. The first-order chi connectivity index (χ1) is 12.4. The highest BCUT2D eigenvalue weighted by Gasteiger charge is 2.25. The molecule has 5 heteroatoms. The van der Waals surface area contributed by atoms with Crippen LogP contribution in [-0.2, 0) is 4.79 Å². The predicted octanol–water partition coefficient (Wildman–Crippen LogP) is 3.11. The minimum absolute atomic E-state index is 0.00852. The number of amides is 2. The van der Waals surface area contributed by atoms with Gasteiger partial charge < -0.3 is 15.3 Å². The summed E-state index contributed by atoms with van der Waals surface area (Å²) in [7, 11) is 0. The fraction of sp³-hybridized carbons (Fsp3) is 0.333. The molecule has 136 valence electrons. The summed E-state index contributed by atoms with van der Waals surface area (Å²) in [4.78, 5) is 26.0. The maximum absolute atomic E-state index is 12.9. The summed E-state index contributed by atoms with van der Waals surface area (Å²) in [5.41, 5.74) is 3.16. The Hall–Kier alpha value is -2.82. The molecule has 2 N–H and O–H groups in total. The lowest BCUT2D eigenvalue weighted by atomic mass is 9.99. The highest BCUT2D eigenvalue weighted by atomic mass is 16.3. The van der Waals surface area contributed by atoms with E-state index in [1.54, 1.807) is 17.0 Å². The normalized spacial score (nSPS) is 17.0. The van der Waals surface area contributed by atoms with Crippen molar-refractivity contribution in [1.82, 2.24) is 10.2 Å². The van der Waals surface area contributed by atoms with Crippen molar-refractivity contribution in [2.24, 2.45) is 0 Å². The highest BCUT2D eigenvalue weighted by molar-refractivity contribution is 5.96. The first-order valence-electron chi connectivity index (χ1n) is 8.90. The number of aromatic hydroxyl groups is 1. The third-order valence-electron chi connectivity index (χ3n) is 4.69. The number of rotatable bonds is 3. The Bertz CT molecular complexity index is 832. The summed E-state index contributed by atoms with van der Waals surface area (Å²) in [6.45, 7) is 4.68. The van der Waals surface area contributed by atoms with Crippen molar-refractivity contribution in [2.75, 3.05) is 13.1 Å². The molecule has 1 atom stereocenters. The molecule has 26 heavy (non-hydrogen) atoms. The summed E-state index contributed by atoms with van der Waals surface area (Å²) in [5.74, 6) is 0.0826. The van der Waals surface area contributed by atoms with E-state index in [9.17, 15) is 14.7 Å². The summed E-state index contributed by atoms with van der Waals surface area (Å²) >= 11 is 0. The van der Waals surface area contributed by atoms with Crippen molar-refractivity contribution >= 4 is 11.8 Å². The summed E-state index contributed by atoms with van der Waals surface area (Å²) in [6, 6.07) is 12.8. The Morgan fingerprint density at radius 1 is 1.19 bits per heavy atom. The number of phenols is 1. The molecule has 0 aromatic heterocycles. The Balaban J connectivity index is 1.82. The van der Waals surface area contributed by atoms with E-state index < -0.39 is 0 Å². The van der Waals surface area contributed by atoms with Crippen LogP contribution in [0.3, 0.4) is 0 Å². The number of nitrogens with one attached hydrogen (secondary N) is 1. The van der Waals surface area contributed by atoms with E-state index in [4.69, 9.17) is 0 Å². The van der Waals surface area contributed by atoms with Crippen LogP contribution in [0, 0.1) is 6.92 Å². The van der Waals surface area contributed by atoms with Crippen molar-refractivity contribution < 1.29 is 14.7 Å². The lowest BCUT2D eigenvalue weighted by Gasteiger charge is -2.33. The van der Waals surface area contributed by atoms with Crippen LogP contribution in [0.15, 0.2) is 42.5 Å². The predicted molar refractivity (Wildman–Crippen MR) is 101 cm³/mol. The second-order valence-electron chi connectivity index (χ2n) is 6.89. The number of phenolic OH excluding ortho intramolecular Hbond substituents is 1. The molecule has 0 radical (unpaired) electrons. The van der Waals surface area contributed by atoms with E-state index in [-0.39, 0.29) is 23.6 Å². The van der Waals surface area contributed by atoms with Gasteiger partial charge in [-0.15, -0.1) is 0 Å². The summed E-state index contributed by atoms with van der Waals surface area (Å²) < 4.78 is 0. The molecule has 2 amide bonds. The first-order valence-corrected chi connectivity index (χ1v) is 8.90. The molecule has 0 spiro atoms. The zero-order chi connectivity index (χ0) is 18.7. The number of piperidine rings is 1. The first kappa shape index (κ1) is 18.0. The van der Waals surface area contributed by atoms with Gasteiger partial charge in [-0.05, 0) is 49.6 Å². The van der Waals surface area contributed by atoms with Crippen LogP contribution in [0.25, 0.3) is 11.1 Å². The minimum atomic E-state index is -0.0683. The maximum Gasteiger partial charge on any atom is 0.253 e. The average Bonchev–Trinajstić information content (AvgIpc) is 2.63. The van der Waals surface area contributed by atoms with Gasteiger partial charge in [0.25, 0.3) is 5.91 Å². The largest absolute Gasteiger partial charge is 0.507 e. The number of hydrogen-bond donors (Lipinski definition) is 2. The van der Waals surface area contributed by atoms with Crippen LogP contribution in [0.1, 0.15) is 35.7 Å². The van der Waals surface area contributed by atoms with Crippen LogP contribution in [-0.4, -0.2) is 41.0 Å². The van der Waals surface area contributed by atoms with Gasteiger partial charge in [-0.2, -0.15) is 0 Å². The van der Waals surface area contributed by atoms with Gasteiger partial charge in [-0.3, -0.25) is 9.59 Å². The molecular weight excluding hydrogens is 328 g/mol. The van der Waals surface area contributed by atoms with Gasteiger partial charge in [0, 0.05) is 37.2 Å². The van der Waals surface area contributed by atoms with E-state index in [0.717, 1.165) is 29.5 Å². The second-order valence-corrected chi connectivity index (χ2v) is 6.89. The van der Waals surface area contributed by atoms with Gasteiger partial charge in [0.15, 0.2) is 0 Å². The lowest BCUT2D eigenvalue weighted by molar-refractivity contribution is -0.120. The molecule has 1 heterocycles. The minimum Gasteiger partial charge on any atom is -0.507 e. The van der Waals surface area contributed by atoms with Crippen molar-refractivity contribution in [3.63, 3.8) is 0 Å². The van der Waals surface area contributed by atoms with Crippen molar-refractivity contribution in [3.8, 4) is 16.9 Å². The molecule has 0 saturated carbocycles. The smallest absolute Gasteiger partial charge is 0.253 e. The molecule has 0 aliphatic carbocycles. The fourth-order valence-electron chi connectivity index (χ4n) is 3.45. The molecule has 5 nitrogen and oxygen atoms in total. The third-order valence-corrected chi connectivity index (χ3v) is 4.69. The second kappa shape index (κ2) is 7.60. The monoisotopic (exact) mass is 352 g/mol. The van der Waals surface area contributed by atoms with E-state index >= 15 is 0 Å². The zero-order valence-electron chi connectivity index (χ0n) is 15.2. The molecular formula is C21H24N2O3. The van der Waals surface area contributed by atoms with Crippen molar-refractivity contribution in [3.05, 3.63) is 53.6 Å². The van der Waals surface area contributed by atoms with Crippen molar-refractivity contribution in [1.29, 1.82) is 0 Å². The van der Waals surface area contributed by atoms with Crippen LogP contribution in [0.4, 0.5) is 0 Å². The van der Waals surface area contributed by atoms with E-state index in [2.05, 4.69) is 5.32 Å². The van der Waals surface area contributed by atoms with Gasteiger partial charge in [-0.25, -0.2) is 0 Å². The van der Waals surface area contributed by atoms with Gasteiger partial charge >= 0.3 is 0 Å². The van der Waals surface area contributed by atoms with Crippen LogP contribution in [0.5, 0.6) is 5.75 Å². The molecule has 3 rings (SSSR count). The van der Waals surface area contributed by atoms with E-state index in [1.807, 2.05) is 37.3 Å². The zero-order valence-corrected chi connectivity index (χ0v) is 15.2. The Morgan fingerprint density at radius 2 is 2.00 bits per heavy atom. The van der Waals surface area contributed by atoms with Gasteiger partial charge in [-0.1, -0.05) is 23.8 Å². The third kappa shape index (κ3) is 4.04. The molecule has 1 aliphatic heterocycles. The number of likely N-dealkylation sites (tertiary alicyclic amines) is 1. The molecule has 2 aromatic rings. The van der Waals surface area contributed by atoms with E-state index in [0.29, 0.717) is 18.7 Å². The Labute approximate surface area is 153 Å². The van der Waals surface area contributed by atoms with Gasteiger partial charge in [0.1, 0.15) is 5.75 Å². The molecule has 1 fully saturated rings. The quantitative estimate of drug-likeness (QED) is 0.892. The van der Waals surface area contributed by atoms with Crippen molar-refractivity contribution in [2.45, 2.75) is 32.7 Å². The number of benzene rings is 2. The number of hydrogen-bond acceptors (Lipinski definition) is 3. The van der Waals surface area contributed by atoms with Gasteiger partial charge in [0.2, 0.25) is 5.91 Å². The Morgan fingerprint density at radius 3 is 2.77 bits per heavy atom. The number of nitrogens with zero attached hydrogens (tertiary/aromatic N) is 1. The standard InChI is InChI=1S/C21H24N2O3/c1-14-8-9-20(25)19(11-14)16-5-3-6-17(12-16)21(26)23-10-4-7-18(13-23)22-15(2)24/h3,5-6,8-9,11-12,18,25H,4,7,10,13H2,1-2H3,(H,22,24)/t18-/m1/s1. The maximum atomic E-state index is 12.9. The molecule has 1 aliphatic rings. The molecule has 0 unspecified atom stereocenters. The molecule has 2 aromatic carbocycles. The van der Waals surface area contributed by atoms with Crippen LogP contribution in [0.2, 0.25) is 0 Å². The molecule has 1 saturated heterocycles.